The minimum absolute atomic E-state index is 0.242. The Bertz CT molecular complexity index is 173. The Morgan fingerprint density at radius 2 is 1.06 bits per heavy atom. The van der Waals surface area contributed by atoms with E-state index < -0.39 is 8.25 Å². The summed E-state index contributed by atoms with van der Waals surface area (Å²) in [6, 6.07) is 0. The van der Waals surface area contributed by atoms with Gasteiger partial charge in [-0.05, 0) is 0 Å². The van der Waals surface area contributed by atoms with E-state index in [1.165, 1.54) is 0 Å². The first-order valence-corrected chi connectivity index (χ1v) is 6.96. The third-order valence-corrected chi connectivity index (χ3v) is 2.64. The smallest absolute Gasteiger partial charge is 0.319 e. The molecule has 0 heterocycles. The van der Waals surface area contributed by atoms with Gasteiger partial charge in [0.15, 0.2) is 0 Å². The lowest BCUT2D eigenvalue weighted by Gasteiger charge is -2.07. The molecule has 0 atom stereocenters. The monoisotopic (exact) mass is 286 g/mol. The highest BCUT2D eigenvalue weighted by Crippen LogP contribution is 2.22. The van der Waals surface area contributed by atoms with Crippen LogP contribution in [-0.4, -0.2) is 67.1 Å². The standard InChI is InChI=1S/C10H23O7P/c1-12-3-5-14-7-9-16-18(11)17-10-8-15-6-4-13-2/h18H,3-10H2,1-2H3. The van der Waals surface area contributed by atoms with Crippen LogP contribution in [0.5, 0.6) is 0 Å². The molecule has 0 unspecified atom stereocenters. The van der Waals surface area contributed by atoms with Gasteiger partial charge in [-0.3, -0.25) is 4.57 Å². The van der Waals surface area contributed by atoms with Crippen molar-refractivity contribution in [1.29, 1.82) is 0 Å². The van der Waals surface area contributed by atoms with E-state index in [0.29, 0.717) is 39.6 Å². The molecule has 0 aliphatic rings. The summed E-state index contributed by atoms with van der Waals surface area (Å²) in [4.78, 5) is 0. The Hall–Kier alpha value is -0.0100. The predicted octanol–water partition coefficient (Wildman–Crippen LogP) is 0.735. The van der Waals surface area contributed by atoms with Gasteiger partial charge in [-0.25, -0.2) is 0 Å². The van der Waals surface area contributed by atoms with E-state index in [1.807, 2.05) is 0 Å². The lowest BCUT2D eigenvalue weighted by Crippen LogP contribution is -2.08. The Morgan fingerprint density at radius 3 is 1.44 bits per heavy atom. The summed E-state index contributed by atoms with van der Waals surface area (Å²) in [6.45, 7) is 3.28. The van der Waals surface area contributed by atoms with Gasteiger partial charge in [0.05, 0.1) is 52.9 Å². The van der Waals surface area contributed by atoms with Crippen molar-refractivity contribution in [2.24, 2.45) is 0 Å². The van der Waals surface area contributed by atoms with Gasteiger partial charge in [0.2, 0.25) is 0 Å². The molecule has 0 saturated heterocycles. The second kappa shape index (κ2) is 15.0. The first kappa shape index (κ1) is 18.0. The minimum atomic E-state index is -2.45. The zero-order valence-electron chi connectivity index (χ0n) is 11.0. The summed E-state index contributed by atoms with van der Waals surface area (Å²) in [5, 5.41) is 0. The van der Waals surface area contributed by atoms with E-state index in [0.717, 1.165) is 0 Å². The van der Waals surface area contributed by atoms with Gasteiger partial charge in [0.25, 0.3) is 0 Å². The topological polar surface area (TPSA) is 72.5 Å². The average Bonchev–Trinajstić information content (AvgIpc) is 2.38. The van der Waals surface area contributed by atoms with Crippen LogP contribution >= 0.6 is 8.25 Å². The molecule has 110 valence electrons. The molecular formula is C10H23O7P. The molecule has 0 spiro atoms. The quantitative estimate of drug-likeness (QED) is 0.344. The number of methoxy groups -OCH3 is 2. The minimum Gasteiger partial charge on any atom is -0.382 e. The van der Waals surface area contributed by atoms with Crippen molar-refractivity contribution in [2.75, 3.05) is 67.1 Å². The highest BCUT2D eigenvalue weighted by atomic mass is 31.1. The summed E-state index contributed by atoms with van der Waals surface area (Å²) in [5.74, 6) is 0. The molecule has 0 bridgehead atoms. The number of hydrogen-bond acceptors (Lipinski definition) is 7. The molecule has 0 fully saturated rings. The van der Waals surface area contributed by atoms with Crippen LogP contribution in [-0.2, 0) is 32.6 Å². The van der Waals surface area contributed by atoms with Crippen LogP contribution in [0.1, 0.15) is 0 Å². The lowest BCUT2D eigenvalue weighted by atomic mass is 10.7. The van der Waals surface area contributed by atoms with Crippen LogP contribution in [0.25, 0.3) is 0 Å². The lowest BCUT2D eigenvalue weighted by molar-refractivity contribution is 0.0437. The zero-order chi connectivity index (χ0) is 13.5. The molecular weight excluding hydrogens is 263 g/mol. The second-order valence-corrected chi connectivity index (χ2v) is 4.23. The van der Waals surface area contributed by atoms with Crippen molar-refractivity contribution in [3.63, 3.8) is 0 Å². The SMILES string of the molecule is COCCOCCO[PH](=O)OCCOCCOC. The van der Waals surface area contributed by atoms with Crippen LogP contribution in [0, 0.1) is 0 Å². The molecule has 0 aromatic heterocycles. The third-order valence-electron chi connectivity index (χ3n) is 1.76. The molecule has 0 saturated carbocycles. The van der Waals surface area contributed by atoms with E-state index in [-0.39, 0.29) is 13.2 Å². The van der Waals surface area contributed by atoms with Crippen molar-refractivity contribution in [2.45, 2.75) is 0 Å². The maximum absolute atomic E-state index is 11.2. The van der Waals surface area contributed by atoms with Gasteiger partial charge < -0.3 is 28.0 Å². The van der Waals surface area contributed by atoms with Gasteiger partial charge >= 0.3 is 8.25 Å². The largest absolute Gasteiger partial charge is 0.382 e. The molecule has 0 aliphatic carbocycles. The molecule has 0 aromatic rings. The Balaban J connectivity index is 3.12. The van der Waals surface area contributed by atoms with Gasteiger partial charge in [0.1, 0.15) is 0 Å². The maximum Gasteiger partial charge on any atom is 0.319 e. The van der Waals surface area contributed by atoms with Crippen molar-refractivity contribution >= 4 is 8.25 Å². The Morgan fingerprint density at radius 1 is 0.667 bits per heavy atom. The molecule has 0 rings (SSSR count). The summed E-state index contributed by atoms with van der Waals surface area (Å²) in [5.41, 5.74) is 0. The van der Waals surface area contributed by atoms with E-state index >= 15 is 0 Å². The summed E-state index contributed by atoms with van der Waals surface area (Å²) < 4.78 is 40.9. The van der Waals surface area contributed by atoms with Crippen LogP contribution in [0.2, 0.25) is 0 Å². The molecule has 0 N–H and O–H groups in total. The fourth-order valence-corrected chi connectivity index (χ4v) is 1.48. The van der Waals surface area contributed by atoms with E-state index in [9.17, 15) is 4.57 Å². The first-order valence-electron chi connectivity index (χ1n) is 5.74. The van der Waals surface area contributed by atoms with E-state index in [1.54, 1.807) is 14.2 Å². The molecule has 0 aromatic carbocycles. The summed E-state index contributed by atoms with van der Waals surface area (Å²) in [6.07, 6.45) is 0. The average molecular weight is 286 g/mol. The molecule has 8 heteroatoms. The van der Waals surface area contributed by atoms with Gasteiger partial charge in [-0.1, -0.05) is 0 Å². The molecule has 0 amide bonds. The van der Waals surface area contributed by atoms with E-state index in [4.69, 9.17) is 28.0 Å². The van der Waals surface area contributed by atoms with Crippen LogP contribution < -0.4 is 0 Å². The number of rotatable bonds is 14. The maximum atomic E-state index is 11.2. The Labute approximate surface area is 109 Å². The summed E-state index contributed by atoms with van der Waals surface area (Å²) >= 11 is 0. The van der Waals surface area contributed by atoms with Gasteiger partial charge in [0, 0.05) is 14.2 Å². The Kier molecular flexibility index (Phi) is 15.0. The normalized spacial score (nSPS) is 11.3. The summed E-state index contributed by atoms with van der Waals surface area (Å²) in [7, 11) is 0.750. The van der Waals surface area contributed by atoms with Gasteiger partial charge in [-0.2, -0.15) is 0 Å². The third kappa shape index (κ3) is 14.1. The van der Waals surface area contributed by atoms with Crippen LogP contribution in [0.4, 0.5) is 0 Å². The zero-order valence-corrected chi connectivity index (χ0v) is 12.0. The molecule has 0 aliphatic heterocycles. The van der Waals surface area contributed by atoms with Crippen molar-refractivity contribution in [1.82, 2.24) is 0 Å². The highest BCUT2D eigenvalue weighted by Gasteiger charge is 1.99. The van der Waals surface area contributed by atoms with Crippen molar-refractivity contribution in [3.05, 3.63) is 0 Å². The fourth-order valence-electron chi connectivity index (χ4n) is 0.898. The second-order valence-electron chi connectivity index (χ2n) is 3.16. The van der Waals surface area contributed by atoms with Gasteiger partial charge in [-0.15, -0.1) is 0 Å². The van der Waals surface area contributed by atoms with Crippen LogP contribution in [0.15, 0.2) is 0 Å². The number of hydrogen-bond donors (Lipinski definition) is 0. The van der Waals surface area contributed by atoms with E-state index in [2.05, 4.69) is 0 Å². The molecule has 7 nitrogen and oxygen atoms in total. The van der Waals surface area contributed by atoms with Crippen molar-refractivity contribution in [3.8, 4) is 0 Å². The molecule has 18 heavy (non-hydrogen) atoms. The van der Waals surface area contributed by atoms with Crippen molar-refractivity contribution < 1.29 is 32.6 Å². The number of ether oxygens (including phenoxy) is 4. The first-order chi connectivity index (χ1) is 8.81. The van der Waals surface area contributed by atoms with Crippen LogP contribution in [0.3, 0.4) is 0 Å². The fraction of sp³-hybridized carbons (Fsp3) is 1.00. The molecule has 0 radical (unpaired) electrons. The predicted molar refractivity (Wildman–Crippen MR) is 66.3 cm³/mol. The highest BCUT2D eigenvalue weighted by molar-refractivity contribution is 7.33.